The Hall–Kier alpha value is -3.02. The Balaban J connectivity index is 1.33. The summed E-state index contributed by atoms with van der Waals surface area (Å²) in [5.41, 5.74) is 3.83. The molecule has 1 aliphatic heterocycles. The third kappa shape index (κ3) is 3.99. The second-order valence-corrected chi connectivity index (χ2v) is 8.46. The van der Waals surface area contributed by atoms with Crippen molar-refractivity contribution in [2.24, 2.45) is 0 Å². The first-order valence-corrected chi connectivity index (χ1v) is 11.2. The average Bonchev–Trinajstić information content (AvgIpc) is 3.32. The molecule has 0 saturated carbocycles. The predicted molar refractivity (Wildman–Crippen MR) is 124 cm³/mol. The molecule has 3 aromatic carbocycles. The van der Waals surface area contributed by atoms with Crippen LogP contribution in [0, 0.1) is 0 Å². The standard InChI is InChI=1S/C25H24N4S/c1-4-10-20(11-5-1)23(21-12-6-2-7-13-21)28-16-18-29(19-17-28)25-27-26-24(30-25)22-14-8-3-9-15-22/h1-15,23H,16-19H2. The molecule has 0 radical (unpaired) electrons. The molecule has 0 bridgehead atoms. The first-order chi connectivity index (χ1) is 14.9. The summed E-state index contributed by atoms with van der Waals surface area (Å²) in [7, 11) is 0. The van der Waals surface area contributed by atoms with E-state index in [4.69, 9.17) is 0 Å². The van der Waals surface area contributed by atoms with Gasteiger partial charge in [0.25, 0.3) is 0 Å². The van der Waals surface area contributed by atoms with Crippen LogP contribution >= 0.6 is 11.3 Å². The molecule has 30 heavy (non-hydrogen) atoms. The molecule has 2 heterocycles. The minimum atomic E-state index is 0.281. The van der Waals surface area contributed by atoms with Crippen LogP contribution in [0.3, 0.4) is 0 Å². The fourth-order valence-corrected chi connectivity index (χ4v) is 5.00. The van der Waals surface area contributed by atoms with Gasteiger partial charge in [-0.1, -0.05) is 102 Å². The molecule has 4 aromatic rings. The molecule has 5 rings (SSSR count). The molecule has 1 aliphatic rings. The smallest absolute Gasteiger partial charge is 0.208 e. The third-order valence-electron chi connectivity index (χ3n) is 5.62. The average molecular weight is 413 g/mol. The van der Waals surface area contributed by atoms with Gasteiger partial charge in [-0.15, -0.1) is 10.2 Å². The van der Waals surface area contributed by atoms with Crippen molar-refractivity contribution in [2.75, 3.05) is 31.1 Å². The molecule has 0 amide bonds. The summed E-state index contributed by atoms with van der Waals surface area (Å²) >= 11 is 1.68. The van der Waals surface area contributed by atoms with Crippen molar-refractivity contribution in [3.8, 4) is 10.6 Å². The van der Waals surface area contributed by atoms with Crippen LogP contribution in [-0.4, -0.2) is 41.3 Å². The topological polar surface area (TPSA) is 32.3 Å². The number of nitrogens with zero attached hydrogens (tertiary/aromatic N) is 4. The molecule has 0 atom stereocenters. The third-order valence-corrected chi connectivity index (χ3v) is 6.65. The fourth-order valence-electron chi connectivity index (χ4n) is 4.10. The fraction of sp³-hybridized carbons (Fsp3) is 0.200. The molecule has 1 aromatic heterocycles. The number of anilines is 1. The van der Waals surface area contributed by atoms with Gasteiger partial charge in [0.2, 0.25) is 5.13 Å². The van der Waals surface area contributed by atoms with E-state index in [0.29, 0.717) is 0 Å². The Labute approximate surface area is 181 Å². The van der Waals surface area contributed by atoms with Crippen molar-refractivity contribution in [3.63, 3.8) is 0 Å². The van der Waals surface area contributed by atoms with Crippen LogP contribution in [0.2, 0.25) is 0 Å². The molecular formula is C25H24N4S. The minimum Gasteiger partial charge on any atom is -0.344 e. The van der Waals surface area contributed by atoms with E-state index < -0.39 is 0 Å². The van der Waals surface area contributed by atoms with E-state index in [1.54, 1.807) is 11.3 Å². The lowest BCUT2D eigenvalue weighted by Gasteiger charge is -2.39. The van der Waals surface area contributed by atoms with Gasteiger partial charge in [-0.25, -0.2) is 0 Å². The first-order valence-electron chi connectivity index (χ1n) is 10.4. The van der Waals surface area contributed by atoms with Gasteiger partial charge in [-0.05, 0) is 11.1 Å². The predicted octanol–water partition coefficient (Wildman–Crippen LogP) is 5.12. The zero-order chi connectivity index (χ0) is 20.2. The van der Waals surface area contributed by atoms with Gasteiger partial charge >= 0.3 is 0 Å². The lowest BCUT2D eigenvalue weighted by Crippen LogP contribution is -2.48. The zero-order valence-corrected chi connectivity index (χ0v) is 17.6. The van der Waals surface area contributed by atoms with E-state index in [1.165, 1.54) is 11.1 Å². The number of aromatic nitrogens is 2. The van der Waals surface area contributed by atoms with E-state index in [-0.39, 0.29) is 6.04 Å². The van der Waals surface area contributed by atoms with Gasteiger partial charge in [0.15, 0.2) is 0 Å². The van der Waals surface area contributed by atoms with Crippen LogP contribution in [0.1, 0.15) is 17.2 Å². The molecule has 4 nitrogen and oxygen atoms in total. The number of rotatable bonds is 5. The largest absolute Gasteiger partial charge is 0.344 e. The Bertz CT molecular complexity index is 1020. The van der Waals surface area contributed by atoms with Crippen molar-refractivity contribution in [3.05, 3.63) is 102 Å². The lowest BCUT2D eigenvalue weighted by atomic mass is 9.96. The second kappa shape index (κ2) is 8.78. The normalized spacial score (nSPS) is 14.9. The van der Waals surface area contributed by atoms with Crippen LogP contribution in [-0.2, 0) is 0 Å². The minimum absolute atomic E-state index is 0.281. The van der Waals surface area contributed by atoms with Crippen molar-refractivity contribution in [1.82, 2.24) is 15.1 Å². The van der Waals surface area contributed by atoms with E-state index in [1.807, 2.05) is 18.2 Å². The molecule has 0 spiro atoms. The summed E-state index contributed by atoms with van der Waals surface area (Å²) in [6.45, 7) is 3.91. The Morgan fingerprint density at radius 1 is 0.633 bits per heavy atom. The second-order valence-electron chi connectivity index (χ2n) is 7.50. The maximum absolute atomic E-state index is 4.48. The Morgan fingerprint density at radius 3 is 1.73 bits per heavy atom. The maximum atomic E-state index is 4.48. The van der Waals surface area contributed by atoms with Gasteiger partial charge in [0.05, 0.1) is 6.04 Å². The highest BCUT2D eigenvalue weighted by molar-refractivity contribution is 7.18. The zero-order valence-electron chi connectivity index (χ0n) is 16.8. The van der Waals surface area contributed by atoms with Gasteiger partial charge < -0.3 is 4.90 Å². The van der Waals surface area contributed by atoms with Gasteiger partial charge in [-0.2, -0.15) is 0 Å². The summed E-state index contributed by atoms with van der Waals surface area (Å²) in [5.74, 6) is 0. The van der Waals surface area contributed by atoms with E-state index in [0.717, 1.165) is 41.9 Å². The summed E-state index contributed by atoms with van der Waals surface area (Å²) in [4.78, 5) is 4.95. The van der Waals surface area contributed by atoms with Crippen LogP contribution in [0.25, 0.3) is 10.6 Å². The van der Waals surface area contributed by atoms with Crippen LogP contribution in [0.15, 0.2) is 91.0 Å². The molecule has 0 N–H and O–H groups in total. The van der Waals surface area contributed by atoms with E-state index in [2.05, 4.69) is 92.8 Å². The van der Waals surface area contributed by atoms with Crippen LogP contribution in [0.5, 0.6) is 0 Å². The van der Waals surface area contributed by atoms with Crippen molar-refractivity contribution in [1.29, 1.82) is 0 Å². The number of hydrogen-bond donors (Lipinski definition) is 0. The van der Waals surface area contributed by atoms with Gasteiger partial charge in [0.1, 0.15) is 5.01 Å². The highest BCUT2D eigenvalue weighted by Gasteiger charge is 2.27. The number of benzene rings is 3. The van der Waals surface area contributed by atoms with Gasteiger partial charge in [0, 0.05) is 31.7 Å². The number of hydrogen-bond acceptors (Lipinski definition) is 5. The monoisotopic (exact) mass is 412 g/mol. The lowest BCUT2D eigenvalue weighted by molar-refractivity contribution is 0.212. The Kier molecular flexibility index (Phi) is 5.55. The molecule has 1 fully saturated rings. The van der Waals surface area contributed by atoms with Crippen LogP contribution in [0.4, 0.5) is 5.13 Å². The first kappa shape index (κ1) is 19.0. The molecular weight excluding hydrogens is 388 g/mol. The Morgan fingerprint density at radius 2 is 1.17 bits per heavy atom. The van der Waals surface area contributed by atoms with Gasteiger partial charge in [-0.3, -0.25) is 4.90 Å². The molecule has 0 aliphatic carbocycles. The summed E-state index contributed by atoms with van der Waals surface area (Å²) in [6.07, 6.45) is 0. The van der Waals surface area contributed by atoms with Crippen molar-refractivity contribution < 1.29 is 0 Å². The maximum Gasteiger partial charge on any atom is 0.208 e. The van der Waals surface area contributed by atoms with Crippen molar-refractivity contribution in [2.45, 2.75) is 6.04 Å². The summed E-state index contributed by atoms with van der Waals surface area (Å²) < 4.78 is 0. The molecule has 0 unspecified atom stereocenters. The number of piperazine rings is 1. The van der Waals surface area contributed by atoms with E-state index in [9.17, 15) is 0 Å². The van der Waals surface area contributed by atoms with E-state index >= 15 is 0 Å². The molecule has 5 heteroatoms. The highest BCUT2D eigenvalue weighted by Crippen LogP contribution is 2.32. The quantitative estimate of drug-likeness (QED) is 0.456. The van der Waals surface area contributed by atoms with Crippen molar-refractivity contribution >= 4 is 16.5 Å². The summed E-state index contributed by atoms with van der Waals surface area (Å²) in [5, 5.41) is 10.9. The van der Waals surface area contributed by atoms with Crippen LogP contribution < -0.4 is 4.90 Å². The molecule has 150 valence electrons. The SMILES string of the molecule is c1ccc(-c2nnc(N3CCN(C(c4ccccc4)c4ccccc4)CC3)s2)cc1. The highest BCUT2D eigenvalue weighted by atomic mass is 32.1. The summed E-state index contributed by atoms with van der Waals surface area (Å²) in [6, 6.07) is 32.2. The molecule has 1 saturated heterocycles.